The maximum Gasteiger partial charge on any atom is 0.388 e. The maximum atomic E-state index is 11.3. The van der Waals surface area contributed by atoms with E-state index in [9.17, 15) is 13.2 Å². The molecule has 6 heteroatoms. The predicted octanol–water partition coefficient (Wildman–Crippen LogP) is 2.90. The monoisotopic (exact) mass is 195 g/mol. The molecule has 0 N–H and O–H groups in total. The van der Waals surface area contributed by atoms with Crippen molar-refractivity contribution in [2.45, 2.75) is 18.6 Å². The molecule has 0 fully saturated rings. The molecule has 0 aliphatic rings. The lowest BCUT2D eigenvalue weighted by atomic mass is 10.5. The molecule has 0 saturated carbocycles. The topological polar surface area (TPSA) is 0 Å². The highest BCUT2D eigenvalue weighted by atomic mass is 35.7. The van der Waals surface area contributed by atoms with Crippen molar-refractivity contribution in [3.63, 3.8) is 0 Å². The van der Waals surface area contributed by atoms with Crippen molar-refractivity contribution in [2.75, 3.05) is 0 Å². The Morgan fingerprint density at radius 3 is 1.78 bits per heavy atom. The highest BCUT2D eigenvalue weighted by molar-refractivity contribution is 7.33. The first-order valence-corrected chi connectivity index (χ1v) is 5.88. The van der Waals surface area contributed by atoms with Crippen molar-refractivity contribution in [3.05, 3.63) is 0 Å². The van der Waals surface area contributed by atoms with Gasteiger partial charge in [-0.2, -0.15) is 13.2 Å². The molecule has 0 atom stereocenters. The van der Waals surface area contributed by atoms with E-state index in [0.717, 1.165) is 0 Å². The molecule has 0 spiro atoms. The summed E-state index contributed by atoms with van der Waals surface area (Å²) in [7, 11) is -1.74. The average molecular weight is 196 g/mol. The lowest BCUT2D eigenvalue weighted by molar-refractivity contribution is -0.130. The van der Waals surface area contributed by atoms with Gasteiger partial charge in [0.25, 0.3) is 7.42 Å². The number of rotatable bonds is 2. The predicted molar refractivity (Wildman–Crippen MR) is 32.9 cm³/mol. The van der Waals surface area contributed by atoms with E-state index in [0.29, 0.717) is 0 Å². The van der Waals surface area contributed by atoms with Crippen molar-refractivity contribution < 1.29 is 13.2 Å². The Kier molecular flexibility index (Phi) is 3.92. The van der Waals surface area contributed by atoms with Gasteiger partial charge in [0.2, 0.25) is 0 Å². The zero-order valence-corrected chi connectivity index (χ0v) is 6.82. The van der Waals surface area contributed by atoms with Crippen molar-refractivity contribution in [2.24, 2.45) is 0 Å². The van der Waals surface area contributed by atoms with Gasteiger partial charge in [-0.3, -0.25) is 0 Å². The van der Waals surface area contributed by atoms with Gasteiger partial charge in [0, 0.05) is 6.42 Å². The van der Waals surface area contributed by atoms with E-state index >= 15 is 0 Å². The van der Waals surface area contributed by atoms with Gasteiger partial charge in [0.15, 0.2) is 0 Å². The van der Waals surface area contributed by atoms with Crippen molar-refractivity contribution in [1.82, 2.24) is 0 Å². The van der Waals surface area contributed by atoms with Crippen LogP contribution in [0, 0.1) is 0 Å². The van der Waals surface area contributed by atoms with Crippen LogP contribution >= 0.6 is 22.2 Å². The molecule has 0 bridgehead atoms. The van der Waals surface area contributed by atoms with Crippen LogP contribution in [0.25, 0.3) is 0 Å². The van der Waals surface area contributed by atoms with Gasteiger partial charge in [-0.1, -0.05) is 0 Å². The molecule has 55 valence electrons. The van der Waals surface area contributed by atoms with Crippen LogP contribution in [0.3, 0.4) is 0 Å². The minimum atomic E-state index is -4.11. The second kappa shape index (κ2) is 3.68. The Bertz CT molecular complexity index is 81.6. The quantitative estimate of drug-likeness (QED) is 0.470. The Morgan fingerprint density at radius 1 is 1.22 bits per heavy atom. The van der Waals surface area contributed by atoms with E-state index in [2.05, 4.69) is 0 Å². The fourth-order valence-electron chi connectivity index (χ4n) is 0.236. The minimum Gasteiger partial charge on any atom is -0.171 e. The van der Waals surface area contributed by atoms with Crippen LogP contribution in [0.15, 0.2) is 0 Å². The number of alkyl halides is 3. The Morgan fingerprint density at radius 2 is 1.67 bits per heavy atom. The molecule has 0 amide bonds. The molecule has 0 nitrogen and oxygen atoms in total. The molecule has 1 radical (unpaired) electrons. The van der Waals surface area contributed by atoms with E-state index < -0.39 is 20.0 Å². The van der Waals surface area contributed by atoms with Crippen LogP contribution in [0.5, 0.6) is 0 Å². The molecule has 0 heterocycles. The SMILES string of the molecule is FC(F)(F)CC[Si](Cl)Cl. The molecular weight excluding hydrogens is 192 g/mol. The molecule has 0 aliphatic heterocycles. The third-order valence-electron chi connectivity index (χ3n) is 0.597. The minimum absolute atomic E-state index is 0.128. The normalized spacial score (nSPS) is 12.7. The van der Waals surface area contributed by atoms with Crippen LogP contribution in [0.2, 0.25) is 6.04 Å². The molecule has 0 saturated heterocycles. The van der Waals surface area contributed by atoms with E-state index in [1.165, 1.54) is 0 Å². The van der Waals surface area contributed by atoms with Crippen LogP contribution in [0.4, 0.5) is 13.2 Å². The number of hydrogen-bond donors (Lipinski definition) is 0. The summed E-state index contributed by atoms with van der Waals surface area (Å²) in [5.41, 5.74) is 0. The molecule has 0 unspecified atom stereocenters. The summed E-state index contributed by atoms with van der Waals surface area (Å²) in [5, 5.41) is 0. The maximum absolute atomic E-state index is 11.3. The van der Waals surface area contributed by atoms with Crippen LogP contribution in [-0.2, 0) is 0 Å². The third kappa shape index (κ3) is 8.59. The van der Waals surface area contributed by atoms with Gasteiger partial charge in [0.1, 0.15) is 0 Å². The van der Waals surface area contributed by atoms with E-state index in [1.54, 1.807) is 0 Å². The van der Waals surface area contributed by atoms with Gasteiger partial charge in [0.05, 0.1) is 0 Å². The lowest BCUT2D eigenvalue weighted by Crippen LogP contribution is -2.09. The largest absolute Gasteiger partial charge is 0.388 e. The van der Waals surface area contributed by atoms with Crippen molar-refractivity contribution in [1.29, 1.82) is 0 Å². The average Bonchev–Trinajstić information content (AvgIpc) is 1.59. The van der Waals surface area contributed by atoms with Gasteiger partial charge < -0.3 is 0 Å². The number of halogens is 5. The summed E-state index contributed by atoms with van der Waals surface area (Å²) < 4.78 is 33.9. The smallest absolute Gasteiger partial charge is 0.171 e. The molecule has 0 rings (SSSR count). The Hall–Kier alpha value is 0.587. The first-order valence-electron chi connectivity index (χ1n) is 2.15. The van der Waals surface area contributed by atoms with Crippen LogP contribution < -0.4 is 0 Å². The van der Waals surface area contributed by atoms with E-state index in [1.807, 2.05) is 0 Å². The highest BCUT2D eigenvalue weighted by Crippen LogP contribution is 2.23. The molecule has 0 aromatic rings. The summed E-state index contributed by atoms with van der Waals surface area (Å²) in [6, 6.07) is -0.128. The molecular formula is C3H4Cl2F3Si. The molecule has 9 heavy (non-hydrogen) atoms. The first kappa shape index (κ1) is 9.59. The third-order valence-corrected chi connectivity index (χ3v) is 2.36. The van der Waals surface area contributed by atoms with Gasteiger partial charge in [-0.05, 0) is 6.04 Å². The van der Waals surface area contributed by atoms with E-state index in [-0.39, 0.29) is 6.04 Å². The summed E-state index contributed by atoms with van der Waals surface area (Å²) >= 11 is 10.3. The first-order chi connectivity index (χ1) is 3.92. The van der Waals surface area contributed by atoms with Crippen molar-refractivity contribution in [3.8, 4) is 0 Å². The molecule has 0 aromatic heterocycles. The Balaban J connectivity index is 3.28. The van der Waals surface area contributed by atoms with Gasteiger partial charge in [-0.15, -0.1) is 22.2 Å². The standard InChI is InChI=1S/C3H4Cl2F3Si/c4-9(5)2-1-3(6,7)8/h1-2H2. The lowest BCUT2D eigenvalue weighted by Gasteiger charge is -2.03. The van der Waals surface area contributed by atoms with Crippen LogP contribution in [0.1, 0.15) is 6.42 Å². The summed E-state index contributed by atoms with van der Waals surface area (Å²) in [4.78, 5) is 0. The van der Waals surface area contributed by atoms with Crippen molar-refractivity contribution >= 4 is 29.6 Å². The fraction of sp³-hybridized carbons (Fsp3) is 1.00. The second-order valence-electron chi connectivity index (χ2n) is 1.45. The second-order valence-corrected chi connectivity index (χ2v) is 5.95. The molecule has 0 aliphatic carbocycles. The summed E-state index contributed by atoms with van der Waals surface area (Å²) in [6.45, 7) is 0. The fourth-order valence-corrected chi connectivity index (χ4v) is 1.28. The van der Waals surface area contributed by atoms with Crippen LogP contribution in [-0.4, -0.2) is 13.6 Å². The summed E-state index contributed by atoms with van der Waals surface area (Å²) in [6.07, 6.45) is -4.98. The number of hydrogen-bond acceptors (Lipinski definition) is 0. The zero-order valence-electron chi connectivity index (χ0n) is 4.30. The highest BCUT2D eigenvalue weighted by Gasteiger charge is 2.27. The zero-order chi connectivity index (χ0) is 7.49. The summed E-state index contributed by atoms with van der Waals surface area (Å²) in [5.74, 6) is 0. The van der Waals surface area contributed by atoms with E-state index in [4.69, 9.17) is 22.2 Å². The van der Waals surface area contributed by atoms with Gasteiger partial charge in [-0.25, -0.2) is 0 Å². The molecule has 0 aromatic carbocycles. The Labute approximate surface area is 62.0 Å². The van der Waals surface area contributed by atoms with Gasteiger partial charge >= 0.3 is 6.18 Å².